The van der Waals surface area contributed by atoms with Crippen LogP contribution in [0.25, 0.3) is 0 Å². The molecule has 128 valence electrons. The Hall–Kier alpha value is -2.88. The van der Waals surface area contributed by atoms with Crippen molar-refractivity contribution in [3.63, 3.8) is 0 Å². The molecule has 1 heterocycles. The number of rotatable bonds is 6. The number of nitrogens with one attached hydrogen (secondary N) is 2. The van der Waals surface area contributed by atoms with E-state index < -0.39 is 0 Å². The van der Waals surface area contributed by atoms with Gasteiger partial charge in [-0.3, -0.25) is 0 Å². The van der Waals surface area contributed by atoms with E-state index in [4.69, 9.17) is 0 Å². The lowest BCUT2D eigenvalue weighted by atomic mass is 10.1. The fraction of sp³-hybridized carbons (Fsp3) is 0.238. The Bertz CT molecular complexity index is 858. The molecule has 0 spiro atoms. The molecule has 1 aromatic heterocycles. The fourth-order valence-corrected chi connectivity index (χ4v) is 2.81. The highest BCUT2D eigenvalue weighted by atomic mass is 15.1. The first kappa shape index (κ1) is 17.0. The maximum Gasteiger partial charge on any atom is 0.136 e. The Morgan fingerprint density at radius 3 is 2.28 bits per heavy atom. The van der Waals surface area contributed by atoms with Crippen molar-refractivity contribution in [1.29, 1.82) is 0 Å². The van der Waals surface area contributed by atoms with Crippen LogP contribution in [0.15, 0.2) is 54.6 Å². The molecule has 3 rings (SSSR count). The number of nitrogens with zero attached hydrogens (tertiary/aromatic N) is 2. The van der Waals surface area contributed by atoms with Gasteiger partial charge in [0.05, 0.1) is 0 Å². The number of anilines is 3. The molecule has 0 saturated carbocycles. The molecule has 0 bridgehead atoms. The molecule has 0 saturated heterocycles. The standard InChI is InChI=1S/C21H24N4/c1-4-17-10-7-8-12-19(17)25-21-13-20(23-16(3)24-21)22-14-18-11-6-5-9-15(18)2/h5-13H,4,14H2,1-3H3,(H2,22,23,24,25). The van der Waals surface area contributed by atoms with Crippen LogP contribution in [-0.2, 0) is 13.0 Å². The first-order valence-corrected chi connectivity index (χ1v) is 8.64. The van der Waals surface area contributed by atoms with Crippen molar-refractivity contribution in [1.82, 2.24) is 9.97 Å². The molecule has 0 radical (unpaired) electrons. The van der Waals surface area contributed by atoms with Crippen molar-refractivity contribution in [2.45, 2.75) is 33.7 Å². The molecular weight excluding hydrogens is 308 g/mol. The van der Waals surface area contributed by atoms with Gasteiger partial charge in [0.2, 0.25) is 0 Å². The van der Waals surface area contributed by atoms with Gasteiger partial charge in [0, 0.05) is 18.3 Å². The monoisotopic (exact) mass is 332 g/mol. The molecule has 0 fully saturated rings. The molecule has 0 unspecified atom stereocenters. The van der Waals surface area contributed by atoms with E-state index in [2.05, 4.69) is 76.9 Å². The van der Waals surface area contributed by atoms with Crippen LogP contribution >= 0.6 is 0 Å². The van der Waals surface area contributed by atoms with Crippen molar-refractivity contribution in [3.05, 3.63) is 77.1 Å². The van der Waals surface area contributed by atoms with Gasteiger partial charge in [-0.2, -0.15) is 0 Å². The summed E-state index contributed by atoms with van der Waals surface area (Å²) in [5.74, 6) is 2.37. The van der Waals surface area contributed by atoms with Gasteiger partial charge in [-0.05, 0) is 43.0 Å². The van der Waals surface area contributed by atoms with Gasteiger partial charge in [0.1, 0.15) is 17.5 Å². The molecule has 0 aliphatic rings. The van der Waals surface area contributed by atoms with Crippen molar-refractivity contribution in [2.75, 3.05) is 10.6 Å². The average Bonchev–Trinajstić information content (AvgIpc) is 2.61. The first-order valence-electron chi connectivity index (χ1n) is 8.64. The van der Waals surface area contributed by atoms with Crippen LogP contribution in [0.5, 0.6) is 0 Å². The molecule has 4 nitrogen and oxygen atoms in total. The molecule has 0 aliphatic carbocycles. The molecule has 25 heavy (non-hydrogen) atoms. The number of hydrogen-bond acceptors (Lipinski definition) is 4. The van der Waals surface area contributed by atoms with Gasteiger partial charge in [-0.25, -0.2) is 9.97 Å². The summed E-state index contributed by atoms with van der Waals surface area (Å²) in [6.45, 7) is 6.93. The van der Waals surface area contributed by atoms with E-state index in [-0.39, 0.29) is 0 Å². The second kappa shape index (κ2) is 7.79. The van der Waals surface area contributed by atoms with Crippen LogP contribution in [0.4, 0.5) is 17.3 Å². The van der Waals surface area contributed by atoms with Crippen LogP contribution in [0.3, 0.4) is 0 Å². The third kappa shape index (κ3) is 4.35. The highest BCUT2D eigenvalue weighted by Crippen LogP contribution is 2.22. The van der Waals surface area contributed by atoms with Crippen LogP contribution in [-0.4, -0.2) is 9.97 Å². The Morgan fingerprint density at radius 2 is 1.52 bits per heavy atom. The topological polar surface area (TPSA) is 49.8 Å². The Morgan fingerprint density at radius 1 is 0.840 bits per heavy atom. The lowest BCUT2D eigenvalue weighted by Crippen LogP contribution is -2.06. The second-order valence-electron chi connectivity index (χ2n) is 6.10. The smallest absolute Gasteiger partial charge is 0.136 e. The predicted molar refractivity (Wildman–Crippen MR) is 104 cm³/mol. The zero-order chi connectivity index (χ0) is 17.6. The van der Waals surface area contributed by atoms with E-state index in [9.17, 15) is 0 Å². The molecule has 3 aromatic rings. The summed E-state index contributed by atoms with van der Waals surface area (Å²) < 4.78 is 0. The van der Waals surface area contributed by atoms with E-state index >= 15 is 0 Å². The minimum absolute atomic E-state index is 0.742. The van der Waals surface area contributed by atoms with Gasteiger partial charge >= 0.3 is 0 Å². The van der Waals surface area contributed by atoms with Crippen LogP contribution in [0.2, 0.25) is 0 Å². The predicted octanol–water partition coefficient (Wildman–Crippen LogP) is 5.01. The number of benzene rings is 2. The van der Waals surface area contributed by atoms with Crippen molar-refractivity contribution in [3.8, 4) is 0 Å². The SMILES string of the molecule is CCc1ccccc1Nc1cc(NCc2ccccc2C)nc(C)n1. The lowest BCUT2D eigenvalue weighted by Gasteiger charge is -2.13. The lowest BCUT2D eigenvalue weighted by molar-refractivity contribution is 1.02. The van der Waals surface area contributed by atoms with Gasteiger partial charge in [-0.15, -0.1) is 0 Å². The van der Waals surface area contributed by atoms with E-state index in [1.807, 2.05) is 19.1 Å². The molecule has 2 aromatic carbocycles. The van der Waals surface area contributed by atoms with Gasteiger partial charge in [0.25, 0.3) is 0 Å². The third-order valence-electron chi connectivity index (χ3n) is 4.22. The summed E-state index contributed by atoms with van der Waals surface area (Å²) in [7, 11) is 0. The van der Waals surface area contributed by atoms with Crippen molar-refractivity contribution in [2.24, 2.45) is 0 Å². The summed E-state index contributed by atoms with van der Waals surface area (Å²) >= 11 is 0. The summed E-state index contributed by atoms with van der Waals surface area (Å²) in [4.78, 5) is 9.02. The summed E-state index contributed by atoms with van der Waals surface area (Å²) in [5, 5.41) is 6.83. The molecule has 0 aliphatic heterocycles. The quantitative estimate of drug-likeness (QED) is 0.666. The highest BCUT2D eigenvalue weighted by Gasteiger charge is 2.05. The fourth-order valence-electron chi connectivity index (χ4n) is 2.81. The summed E-state index contributed by atoms with van der Waals surface area (Å²) in [6, 6.07) is 18.6. The molecular formula is C21H24N4. The Labute approximate surface area is 149 Å². The molecule has 2 N–H and O–H groups in total. The van der Waals surface area contributed by atoms with Crippen molar-refractivity contribution < 1.29 is 0 Å². The maximum atomic E-state index is 4.51. The molecule has 0 atom stereocenters. The zero-order valence-electron chi connectivity index (χ0n) is 15.0. The number of hydrogen-bond donors (Lipinski definition) is 2. The summed E-state index contributed by atoms with van der Waals surface area (Å²) in [5.41, 5.74) is 4.90. The zero-order valence-corrected chi connectivity index (χ0v) is 15.0. The number of para-hydroxylation sites is 1. The van der Waals surface area contributed by atoms with Gasteiger partial charge < -0.3 is 10.6 Å². The third-order valence-corrected chi connectivity index (χ3v) is 4.22. The van der Waals surface area contributed by atoms with E-state index in [1.54, 1.807) is 0 Å². The van der Waals surface area contributed by atoms with E-state index in [1.165, 1.54) is 16.7 Å². The number of aromatic nitrogens is 2. The average molecular weight is 332 g/mol. The summed E-state index contributed by atoms with van der Waals surface area (Å²) in [6.07, 6.45) is 0.978. The maximum absolute atomic E-state index is 4.51. The van der Waals surface area contributed by atoms with E-state index in [0.717, 1.165) is 36.1 Å². The van der Waals surface area contributed by atoms with Gasteiger partial charge in [0.15, 0.2) is 0 Å². The normalized spacial score (nSPS) is 10.5. The van der Waals surface area contributed by atoms with E-state index in [0.29, 0.717) is 0 Å². The number of aryl methyl sites for hydroxylation is 3. The molecule has 4 heteroatoms. The van der Waals surface area contributed by atoms with Crippen LogP contribution in [0, 0.1) is 13.8 Å². The Kier molecular flexibility index (Phi) is 5.29. The van der Waals surface area contributed by atoms with Gasteiger partial charge in [-0.1, -0.05) is 49.4 Å². The van der Waals surface area contributed by atoms with Crippen molar-refractivity contribution >= 4 is 17.3 Å². The minimum Gasteiger partial charge on any atom is -0.366 e. The largest absolute Gasteiger partial charge is 0.366 e. The molecule has 0 amide bonds. The Balaban J connectivity index is 1.77. The minimum atomic E-state index is 0.742. The highest BCUT2D eigenvalue weighted by molar-refractivity contribution is 5.62. The first-order chi connectivity index (χ1) is 12.2. The van der Waals surface area contributed by atoms with Crippen LogP contribution < -0.4 is 10.6 Å². The second-order valence-corrected chi connectivity index (χ2v) is 6.10. The van der Waals surface area contributed by atoms with Crippen LogP contribution in [0.1, 0.15) is 29.4 Å².